The second-order valence-corrected chi connectivity index (χ2v) is 3.55. The molecule has 0 heterocycles. The molecule has 2 aromatic rings. The van der Waals surface area contributed by atoms with E-state index in [2.05, 4.69) is 0 Å². The number of carbonyl (C=O) groups excluding carboxylic acids is 1. The average molecular weight is 236 g/mol. The Morgan fingerprint density at radius 2 is 1.75 bits per heavy atom. The van der Waals surface area contributed by atoms with Crippen molar-refractivity contribution in [1.29, 1.82) is 0 Å². The molecule has 0 N–H and O–H groups in total. The number of hydrogen-bond acceptors (Lipinski definition) is 3. The first-order chi connectivity index (χ1) is 7.61. The van der Waals surface area contributed by atoms with E-state index in [1.807, 2.05) is 0 Å². The van der Waals surface area contributed by atoms with Gasteiger partial charge in [-0.15, -0.1) is 0 Å². The first kappa shape index (κ1) is 10.6. The lowest BCUT2D eigenvalue weighted by atomic mass is 10.0. The predicted molar refractivity (Wildman–Crippen MR) is 60.8 cm³/mol. The second kappa shape index (κ2) is 3.90. The molecule has 80 valence electrons. The zero-order chi connectivity index (χ0) is 11.7. The number of halogens is 1. The Bertz CT molecular complexity index is 542. The molecule has 0 atom stereocenters. The van der Waals surface area contributed by atoms with Gasteiger partial charge in [-0.05, 0) is 23.7 Å². The number of carbonyl (C=O) groups is 1. The first-order valence-corrected chi connectivity index (χ1v) is 4.85. The molecular weight excluding hydrogens is 230 g/mol. The quantitative estimate of drug-likeness (QED) is 0.456. The van der Waals surface area contributed by atoms with E-state index in [4.69, 9.17) is 11.6 Å². The van der Waals surface area contributed by atoms with E-state index in [9.17, 15) is 14.9 Å². The van der Waals surface area contributed by atoms with Crippen LogP contribution in [-0.4, -0.2) is 10.2 Å². The van der Waals surface area contributed by atoms with Gasteiger partial charge >= 0.3 is 0 Å². The van der Waals surface area contributed by atoms with Crippen molar-refractivity contribution in [2.24, 2.45) is 0 Å². The summed E-state index contributed by atoms with van der Waals surface area (Å²) in [6.45, 7) is 0. The molecule has 2 aromatic carbocycles. The van der Waals surface area contributed by atoms with E-state index in [1.165, 1.54) is 12.1 Å². The average Bonchev–Trinajstić information content (AvgIpc) is 2.27. The fourth-order valence-electron chi connectivity index (χ4n) is 1.61. The Morgan fingerprint density at radius 1 is 1.12 bits per heavy atom. The number of benzene rings is 2. The number of hydrogen-bond donors (Lipinski definition) is 0. The van der Waals surface area contributed by atoms with Gasteiger partial charge in [0, 0.05) is 17.0 Å². The Morgan fingerprint density at radius 3 is 2.31 bits per heavy atom. The molecule has 0 amide bonds. The summed E-state index contributed by atoms with van der Waals surface area (Å²) in [5.74, 6) is 0. The van der Waals surface area contributed by atoms with Gasteiger partial charge in [-0.25, -0.2) is 0 Å². The van der Waals surface area contributed by atoms with Crippen LogP contribution >= 0.6 is 11.6 Å². The standard InChI is InChI=1S/C11H6ClNO3/c12-11(14)9-5-6-10(13(15)16)8-4-2-1-3-7(8)9/h1-6H. The first-order valence-electron chi connectivity index (χ1n) is 4.47. The number of nitrogens with zero attached hydrogens (tertiary/aromatic N) is 1. The molecular formula is C11H6ClNO3. The maximum Gasteiger partial charge on any atom is 0.277 e. The molecule has 0 bridgehead atoms. The summed E-state index contributed by atoms with van der Waals surface area (Å²) in [6.07, 6.45) is 0. The predicted octanol–water partition coefficient (Wildman–Crippen LogP) is 3.13. The molecule has 0 aliphatic heterocycles. The van der Waals surface area contributed by atoms with E-state index in [0.29, 0.717) is 10.8 Å². The van der Waals surface area contributed by atoms with Crippen molar-refractivity contribution in [2.45, 2.75) is 0 Å². The van der Waals surface area contributed by atoms with Gasteiger partial charge in [0.05, 0.1) is 10.3 Å². The number of rotatable bonds is 2. The highest BCUT2D eigenvalue weighted by atomic mass is 35.5. The summed E-state index contributed by atoms with van der Waals surface area (Å²) in [5, 5.41) is 11.1. The van der Waals surface area contributed by atoms with Crippen LogP contribution in [0, 0.1) is 10.1 Å². The molecule has 0 saturated heterocycles. The summed E-state index contributed by atoms with van der Waals surface area (Å²) in [4.78, 5) is 21.4. The summed E-state index contributed by atoms with van der Waals surface area (Å²) >= 11 is 5.41. The monoisotopic (exact) mass is 235 g/mol. The van der Waals surface area contributed by atoms with Crippen molar-refractivity contribution in [3.05, 3.63) is 52.1 Å². The largest absolute Gasteiger partial charge is 0.277 e. The van der Waals surface area contributed by atoms with Gasteiger partial charge in [-0.3, -0.25) is 14.9 Å². The smallest absolute Gasteiger partial charge is 0.276 e. The summed E-state index contributed by atoms with van der Waals surface area (Å²) < 4.78 is 0. The highest BCUT2D eigenvalue weighted by Gasteiger charge is 2.15. The van der Waals surface area contributed by atoms with Crippen LogP contribution in [0.3, 0.4) is 0 Å². The van der Waals surface area contributed by atoms with Crippen molar-refractivity contribution in [2.75, 3.05) is 0 Å². The van der Waals surface area contributed by atoms with Crippen LogP contribution in [0.1, 0.15) is 10.4 Å². The SMILES string of the molecule is O=C(Cl)c1ccc([N+](=O)[O-])c2ccccc12. The maximum absolute atomic E-state index is 11.1. The highest BCUT2D eigenvalue weighted by Crippen LogP contribution is 2.28. The lowest BCUT2D eigenvalue weighted by molar-refractivity contribution is -0.383. The minimum absolute atomic E-state index is 0.0303. The lowest BCUT2D eigenvalue weighted by Crippen LogP contribution is -1.95. The van der Waals surface area contributed by atoms with Crippen LogP contribution < -0.4 is 0 Å². The zero-order valence-corrected chi connectivity index (χ0v) is 8.77. The fourth-order valence-corrected chi connectivity index (χ4v) is 1.78. The van der Waals surface area contributed by atoms with Crippen molar-refractivity contribution < 1.29 is 9.72 Å². The Kier molecular flexibility index (Phi) is 2.58. The van der Waals surface area contributed by atoms with Crippen LogP contribution in [0.15, 0.2) is 36.4 Å². The summed E-state index contributed by atoms with van der Waals surface area (Å²) in [7, 11) is 0. The number of fused-ring (bicyclic) bond motifs is 1. The van der Waals surface area contributed by atoms with Crippen molar-refractivity contribution in [3.8, 4) is 0 Å². The third-order valence-corrected chi connectivity index (χ3v) is 2.51. The van der Waals surface area contributed by atoms with E-state index in [0.717, 1.165) is 0 Å². The zero-order valence-electron chi connectivity index (χ0n) is 8.01. The maximum atomic E-state index is 11.1. The second-order valence-electron chi connectivity index (χ2n) is 3.21. The molecule has 0 unspecified atom stereocenters. The van der Waals surface area contributed by atoms with Gasteiger partial charge in [-0.1, -0.05) is 18.2 Å². The third kappa shape index (κ3) is 1.63. The minimum atomic E-state index is -0.619. The Hall–Kier alpha value is -1.94. The molecule has 0 spiro atoms. The number of nitro benzene ring substituents is 1. The highest BCUT2D eigenvalue weighted by molar-refractivity contribution is 6.68. The van der Waals surface area contributed by atoms with E-state index in [-0.39, 0.29) is 11.3 Å². The van der Waals surface area contributed by atoms with Gasteiger partial charge in [0.2, 0.25) is 0 Å². The molecule has 0 aliphatic rings. The van der Waals surface area contributed by atoms with Crippen LogP contribution in [0.5, 0.6) is 0 Å². The molecule has 2 rings (SSSR count). The summed E-state index contributed by atoms with van der Waals surface area (Å²) in [5.41, 5.74) is 0.250. The van der Waals surface area contributed by atoms with Crippen LogP contribution in [0.2, 0.25) is 0 Å². The van der Waals surface area contributed by atoms with Gasteiger partial charge in [-0.2, -0.15) is 0 Å². The van der Waals surface area contributed by atoms with Gasteiger partial charge in [0.15, 0.2) is 0 Å². The van der Waals surface area contributed by atoms with Gasteiger partial charge in [0.1, 0.15) is 0 Å². The molecule has 4 nitrogen and oxygen atoms in total. The van der Waals surface area contributed by atoms with Gasteiger partial charge in [0.25, 0.3) is 10.9 Å². The molecule has 0 fully saturated rings. The van der Waals surface area contributed by atoms with Crippen LogP contribution in [0.4, 0.5) is 5.69 Å². The minimum Gasteiger partial charge on any atom is -0.276 e. The third-order valence-electron chi connectivity index (χ3n) is 2.31. The van der Waals surface area contributed by atoms with E-state index >= 15 is 0 Å². The van der Waals surface area contributed by atoms with Crippen molar-refractivity contribution in [1.82, 2.24) is 0 Å². The molecule has 0 aromatic heterocycles. The fraction of sp³-hybridized carbons (Fsp3) is 0. The molecule has 5 heteroatoms. The van der Waals surface area contributed by atoms with Crippen LogP contribution in [0.25, 0.3) is 10.8 Å². The normalized spacial score (nSPS) is 10.3. The Labute approximate surface area is 95.6 Å². The molecule has 0 radical (unpaired) electrons. The van der Waals surface area contributed by atoms with Crippen molar-refractivity contribution in [3.63, 3.8) is 0 Å². The Balaban J connectivity index is 2.87. The van der Waals surface area contributed by atoms with E-state index in [1.54, 1.807) is 24.3 Å². The van der Waals surface area contributed by atoms with Crippen LogP contribution in [-0.2, 0) is 0 Å². The summed E-state index contributed by atoms with van der Waals surface area (Å²) in [6, 6.07) is 9.27. The number of nitro groups is 1. The lowest BCUT2D eigenvalue weighted by Gasteiger charge is -2.02. The van der Waals surface area contributed by atoms with Crippen molar-refractivity contribution >= 4 is 33.3 Å². The molecule has 16 heavy (non-hydrogen) atoms. The van der Waals surface area contributed by atoms with E-state index < -0.39 is 10.2 Å². The number of non-ortho nitro benzene ring substituents is 1. The van der Waals surface area contributed by atoms with Gasteiger partial charge < -0.3 is 0 Å². The molecule has 0 aliphatic carbocycles. The molecule has 0 saturated carbocycles. The topological polar surface area (TPSA) is 60.2 Å².